The molecule has 1 atom stereocenters. The van der Waals surface area contributed by atoms with Gasteiger partial charge < -0.3 is 29.4 Å². The molecule has 0 saturated heterocycles. The van der Waals surface area contributed by atoms with Gasteiger partial charge in [0.2, 0.25) is 12.5 Å². The fourth-order valence-corrected chi connectivity index (χ4v) is 2.90. The first-order chi connectivity index (χ1) is 12.2. The van der Waals surface area contributed by atoms with Gasteiger partial charge in [-0.2, -0.15) is 0 Å². The Morgan fingerprint density at radius 1 is 0.960 bits per heavy atom. The van der Waals surface area contributed by atoms with E-state index in [1.54, 1.807) is 21.3 Å². The Labute approximate surface area is 147 Å². The minimum atomic E-state index is -0.154. The number of aryl methyl sites for hydroxylation is 1. The highest BCUT2D eigenvalue weighted by Crippen LogP contribution is 2.40. The van der Waals surface area contributed by atoms with Gasteiger partial charge >= 0.3 is 0 Å². The molecule has 25 heavy (non-hydrogen) atoms. The number of fused-ring (bicyclic) bond motifs is 1. The van der Waals surface area contributed by atoms with Crippen molar-refractivity contribution < 1.29 is 23.7 Å². The molecule has 1 aliphatic heterocycles. The summed E-state index contributed by atoms with van der Waals surface area (Å²) in [4.78, 5) is 0. The van der Waals surface area contributed by atoms with Gasteiger partial charge in [-0.25, -0.2) is 0 Å². The molecule has 0 amide bonds. The lowest BCUT2D eigenvalue weighted by Crippen LogP contribution is -2.12. The van der Waals surface area contributed by atoms with E-state index in [-0.39, 0.29) is 12.8 Å². The standard InChI is InChI=1S/C19H23NO5/c1-21-17-9-13(10-18(22-2)19(17)23-3)14(20)6-4-12-5-7-15-16(8-12)25-11-24-15/h5,7-10,14H,4,6,11,20H2,1-3H3. The van der Waals surface area contributed by atoms with E-state index in [0.29, 0.717) is 17.2 Å². The summed E-state index contributed by atoms with van der Waals surface area (Å²) in [6, 6.07) is 9.61. The van der Waals surface area contributed by atoms with Crippen molar-refractivity contribution in [3.63, 3.8) is 0 Å². The lowest BCUT2D eigenvalue weighted by Gasteiger charge is -2.18. The molecule has 1 unspecified atom stereocenters. The van der Waals surface area contributed by atoms with Crippen LogP contribution >= 0.6 is 0 Å². The summed E-state index contributed by atoms with van der Waals surface area (Å²) >= 11 is 0. The van der Waals surface area contributed by atoms with E-state index in [4.69, 9.17) is 29.4 Å². The lowest BCUT2D eigenvalue weighted by molar-refractivity contribution is 0.174. The second kappa shape index (κ2) is 7.53. The summed E-state index contributed by atoms with van der Waals surface area (Å²) in [5.41, 5.74) is 8.49. The molecule has 0 spiro atoms. The highest BCUT2D eigenvalue weighted by molar-refractivity contribution is 5.54. The van der Waals surface area contributed by atoms with Gasteiger partial charge in [-0.15, -0.1) is 0 Å². The third-order valence-electron chi connectivity index (χ3n) is 4.30. The van der Waals surface area contributed by atoms with Crippen molar-refractivity contribution in [2.75, 3.05) is 28.1 Å². The van der Waals surface area contributed by atoms with Gasteiger partial charge in [0.15, 0.2) is 23.0 Å². The van der Waals surface area contributed by atoms with Crippen molar-refractivity contribution in [3.05, 3.63) is 41.5 Å². The number of ether oxygens (including phenoxy) is 5. The van der Waals surface area contributed by atoms with Crippen LogP contribution in [0.3, 0.4) is 0 Å². The van der Waals surface area contributed by atoms with E-state index in [1.165, 1.54) is 0 Å². The van der Waals surface area contributed by atoms with Crippen molar-refractivity contribution >= 4 is 0 Å². The highest BCUT2D eigenvalue weighted by Gasteiger charge is 2.17. The summed E-state index contributed by atoms with van der Waals surface area (Å²) in [5.74, 6) is 3.36. The summed E-state index contributed by atoms with van der Waals surface area (Å²) in [7, 11) is 4.78. The molecule has 1 aliphatic rings. The predicted molar refractivity (Wildman–Crippen MR) is 93.9 cm³/mol. The number of hydrogen-bond donors (Lipinski definition) is 1. The molecule has 134 valence electrons. The number of hydrogen-bond acceptors (Lipinski definition) is 6. The Bertz CT molecular complexity index is 722. The fourth-order valence-electron chi connectivity index (χ4n) is 2.90. The second-order valence-electron chi connectivity index (χ2n) is 5.79. The second-order valence-corrected chi connectivity index (χ2v) is 5.79. The van der Waals surface area contributed by atoms with Crippen molar-refractivity contribution in [1.29, 1.82) is 0 Å². The molecule has 2 aromatic carbocycles. The minimum Gasteiger partial charge on any atom is -0.493 e. The Hall–Kier alpha value is -2.60. The molecular weight excluding hydrogens is 322 g/mol. The van der Waals surface area contributed by atoms with Crippen LogP contribution in [0.4, 0.5) is 0 Å². The average Bonchev–Trinajstić information content (AvgIpc) is 3.12. The maximum absolute atomic E-state index is 6.39. The molecule has 2 N–H and O–H groups in total. The third kappa shape index (κ3) is 3.58. The fraction of sp³-hybridized carbons (Fsp3) is 0.368. The van der Waals surface area contributed by atoms with Crippen LogP contribution in [-0.4, -0.2) is 28.1 Å². The molecule has 1 heterocycles. The Kier molecular flexibility index (Phi) is 5.19. The zero-order valence-electron chi connectivity index (χ0n) is 14.7. The first-order valence-electron chi connectivity index (χ1n) is 8.10. The molecule has 6 heteroatoms. The van der Waals surface area contributed by atoms with E-state index < -0.39 is 0 Å². The van der Waals surface area contributed by atoms with E-state index in [0.717, 1.165) is 35.5 Å². The molecule has 0 radical (unpaired) electrons. The topological polar surface area (TPSA) is 72.2 Å². The first-order valence-corrected chi connectivity index (χ1v) is 8.10. The van der Waals surface area contributed by atoms with Gasteiger partial charge in [0, 0.05) is 6.04 Å². The van der Waals surface area contributed by atoms with Crippen LogP contribution in [0.5, 0.6) is 28.7 Å². The number of rotatable bonds is 7. The van der Waals surface area contributed by atoms with Crippen LogP contribution in [-0.2, 0) is 6.42 Å². The van der Waals surface area contributed by atoms with Crippen molar-refractivity contribution in [3.8, 4) is 28.7 Å². The monoisotopic (exact) mass is 345 g/mol. The van der Waals surface area contributed by atoms with Crippen LogP contribution in [0.25, 0.3) is 0 Å². The summed E-state index contributed by atoms with van der Waals surface area (Å²) < 4.78 is 26.9. The largest absolute Gasteiger partial charge is 0.493 e. The molecule has 0 saturated carbocycles. The quantitative estimate of drug-likeness (QED) is 0.831. The zero-order chi connectivity index (χ0) is 17.8. The summed E-state index contributed by atoms with van der Waals surface area (Å²) in [5, 5.41) is 0. The average molecular weight is 345 g/mol. The molecular formula is C19H23NO5. The van der Waals surface area contributed by atoms with Gasteiger partial charge in [-0.05, 0) is 48.2 Å². The number of methoxy groups -OCH3 is 3. The van der Waals surface area contributed by atoms with Crippen LogP contribution in [0.1, 0.15) is 23.6 Å². The van der Waals surface area contributed by atoms with E-state index in [2.05, 4.69) is 0 Å². The Balaban J connectivity index is 1.73. The van der Waals surface area contributed by atoms with Crippen LogP contribution < -0.4 is 29.4 Å². The van der Waals surface area contributed by atoms with Crippen LogP contribution in [0.2, 0.25) is 0 Å². The van der Waals surface area contributed by atoms with Crippen molar-refractivity contribution in [1.82, 2.24) is 0 Å². The van der Waals surface area contributed by atoms with E-state index in [1.807, 2.05) is 30.3 Å². The maximum Gasteiger partial charge on any atom is 0.231 e. The van der Waals surface area contributed by atoms with Crippen LogP contribution in [0.15, 0.2) is 30.3 Å². The maximum atomic E-state index is 6.39. The predicted octanol–water partition coefficient (Wildman–Crippen LogP) is 3.07. The van der Waals surface area contributed by atoms with Crippen molar-refractivity contribution in [2.45, 2.75) is 18.9 Å². The Morgan fingerprint density at radius 3 is 2.28 bits per heavy atom. The van der Waals surface area contributed by atoms with Gasteiger partial charge in [0.1, 0.15) is 0 Å². The molecule has 0 aliphatic carbocycles. The highest BCUT2D eigenvalue weighted by atomic mass is 16.7. The van der Waals surface area contributed by atoms with Crippen molar-refractivity contribution in [2.24, 2.45) is 5.73 Å². The lowest BCUT2D eigenvalue weighted by atomic mass is 9.98. The van der Waals surface area contributed by atoms with E-state index in [9.17, 15) is 0 Å². The van der Waals surface area contributed by atoms with E-state index >= 15 is 0 Å². The normalized spacial score (nSPS) is 13.4. The molecule has 3 rings (SSSR count). The number of benzene rings is 2. The van der Waals surface area contributed by atoms with Gasteiger partial charge in [0.05, 0.1) is 21.3 Å². The summed E-state index contributed by atoms with van der Waals surface area (Å²) in [6.07, 6.45) is 1.60. The molecule has 0 fully saturated rings. The number of nitrogens with two attached hydrogens (primary N) is 1. The van der Waals surface area contributed by atoms with Gasteiger partial charge in [-0.3, -0.25) is 0 Å². The smallest absolute Gasteiger partial charge is 0.231 e. The zero-order valence-corrected chi connectivity index (χ0v) is 14.7. The molecule has 2 aromatic rings. The molecule has 0 bridgehead atoms. The van der Waals surface area contributed by atoms with Gasteiger partial charge in [0.25, 0.3) is 0 Å². The van der Waals surface area contributed by atoms with Crippen LogP contribution in [0, 0.1) is 0 Å². The molecule has 6 nitrogen and oxygen atoms in total. The van der Waals surface area contributed by atoms with Gasteiger partial charge in [-0.1, -0.05) is 6.07 Å². The molecule has 0 aromatic heterocycles. The minimum absolute atomic E-state index is 0.154. The summed E-state index contributed by atoms with van der Waals surface area (Å²) in [6.45, 7) is 0.281. The third-order valence-corrected chi connectivity index (χ3v) is 4.30. The SMILES string of the molecule is COc1cc(C(N)CCc2ccc3c(c2)OCO3)cc(OC)c1OC. The first kappa shape index (κ1) is 17.2. The Morgan fingerprint density at radius 2 is 1.64 bits per heavy atom.